The Bertz CT molecular complexity index is 328. The summed E-state index contributed by atoms with van der Waals surface area (Å²) in [6, 6.07) is 6.73. The predicted octanol–water partition coefficient (Wildman–Crippen LogP) is 2.61. The van der Waals surface area contributed by atoms with Gasteiger partial charge in [0.1, 0.15) is 0 Å². The Morgan fingerprint density at radius 3 is 2.60 bits per heavy atom. The van der Waals surface area contributed by atoms with Crippen molar-refractivity contribution < 1.29 is 9.90 Å². The molecule has 0 saturated heterocycles. The average Bonchev–Trinajstić information content (AvgIpc) is 2.18. The SMILES string of the molecule is CCC[C@H](N)c1ccccc1C(=O)O.Cl. The molecule has 0 aliphatic heterocycles. The number of aromatic carboxylic acids is 1. The number of hydrogen-bond donors (Lipinski definition) is 2. The second kappa shape index (κ2) is 6.43. The summed E-state index contributed by atoms with van der Waals surface area (Å²) in [5.74, 6) is -0.910. The quantitative estimate of drug-likeness (QED) is 0.834. The van der Waals surface area contributed by atoms with Gasteiger partial charge in [-0.3, -0.25) is 0 Å². The van der Waals surface area contributed by atoms with Crippen LogP contribution in [0.4, 0.5) is 0 Å². The van der Waals surface area contributed by atoms with Crippen LogP contribution in [0.15, 0.2) is 24.3 Å². The predicted molar refractivity (Wildman–Crippen MR) is 62.5 cm³/mol. The second-order valence-electron chi connectivity index (χ2n) is 3.29. The number of rotatable bonds is 4. The van der Waals surface area contributed by atoms with Crippen LogP contribution >= 0.6 is 12.4 Å². The highest BCUT2D eigenvalue weighted by Gasteiger charge is 2.13. The number of halogens is 1. The van der Waals surface area contributed by atoms with Crippen molar-refractivity contribution in [3.63, 3.8) is 0 Å². The molecule has 15 heavy (non-hydrogen) atoms. The van der Waals surface area contributed by atoms with Crippen LogP contribution in [0.2, 0.25) is 0 Å². The highest BCUT2D eigenvalue weighted by Crippen LogP contribution is 2.19. The minimum absolute atomic E-state index is 0. The van der Waals surface area contributed by atoms with E-state index in [9.17, 15) is 4.79 Å². The zero-order chi connectivity index (χ0) is 10.6. The van der Waals surface area contributed by atoms with Gasteiger partial charge in [-0.25, -0.2) is 4.79 Å². The number of carboxylic acids is 1. The Balaban J connectivity index is 0.00000196. The topological polar surface area (TPSA) is 63.3 Å². The highest BCUT2D eigenvalue weighted by molar-refractivity contribution is 5.89. The Labute approximate surface area is 95.7 Å². The van der Waals surface area contributed by atoms with E-state index in [1.165, 1.54) is 0 Å². The highest BCUT2D eigenvalue weighted by atomic mass is 35.5. The maximum atomic E-state index is 10.9. The fourth-order valence-corrected chi connectivity index (χ4v) is 1.48. The number of carboxylic acid groups (broad SMARTS) is 1. The molecular weight excluding hydrogens is 214 g/mol. The van der Waals surface area contributed by atoms with Gasteiger partial charge in [0.05, 0.1) is 5.56 Å². The first kappa shape index (κ1) is 13.9. The van der Waals surface area contributed by atoms with E-state index >= 15 is 0 Å². The van der Waals surface area contributed by atoms with Gasteiger partial charge in [0.25, 0.3) is 0 Å². The molecule has 0 radical (unpaired) electrons. The van der Waals surface area contributed by atoms with E-state index in [0.29, 0.717) is 5.56 Å². The standard InChI is InChI=1S/C11H15NO2.ClH/c1-2-5-10(12)8-6-3-4-7-9(8)11(13)14;/h3-4,6-7,10H,2,5,12H2,1H3,(H,13,14);1H/t10-;/m0./s1. The Morgan fingerprint density at radius 2 is 2.07 bits per heavy atom. The van der Waals surface area contributed by atoms with E-state index in [4.69, 9.17) is 10.8 Å². The first-order valence-electron chi connectivity index (χ1n) is 4.74. The molecule has 0 spiro atoms. The summed E-state index contributed by atoms with van der Waals surface area (Å²) in [6.45, 7) is 2.03. The molecular formula is C11H16ClNO2. The van der Waals surface area contributed by atoms with E-state index in [-0.39, 0.29) is 18.4 Å². The van der Waals surface area contributed by atoms with Gasteiger partial charge in [0, 0.05) is 6.04 Å². The lowest BCUT2D eigenvalue weighted by Gasteiger charge is -2.13. The third kappa shape index (κ3) is 3.53. The van der Waals surface area contributed by atoms with Crippen LogP contribution in [-0.2, 0) is 0 Å². The maximum absolute atomic E-state index is 10.9. The number of benzene rings is 1. The van der Waals surface area contributed by atoms with Gasteiger partial charge >= 0.3 is 5.97 Å². The average molecular weight is 230 g/mol. The minimum atomic E-state index is -0.910. The van der Waals surface area contributed by atoms with Gasteiger partial charge in [-0.15, -0.1) is 12.4 Å². The summed E-state index contributed by atoms with van der Waals surface area (Å²) >= 11 is 0. The van der Waals surface area contributed by atoms with Crippen molar-refractivity contribution in [2.24, 2.45) is 5.73 Å². The molecule has 0 bridgehead atoms. The van der Waals surface area contributed by atoms with E-state index in [2.05, 4.69) is 0 Å². The summed E-state index contributed by atoms with van der Waals surface area (Å²) in [5.41, 5.74) is 6.92. The van der Waals surface area contributed by atoms with Crippen molar-refractivity contribution in [3.8, 4) is 0 Å². The molecule has 4 heteroatoms. The first-order valence-corrected chi connectivity index (χ1v) is 4.74. The molecule has 1 aromatic rings. The van der Waals surface area contributed by atoms with Gasteiger partial charge in [0.15, 0.2) is 0 Å². The molecule has 3 nitrogen and oxygen atoms in total. The third-order valence-corrected chi connectivity index (χ3v) is 2.19. The summed E-state index contributed by atoms with van der Waals surface area (Å²) in [7, 11) is 0. The van der Waals surface area contributed by atoms with E-state index in [1.807, 2.05) is 13.0 Å². The number of hydrogen-bond acceptors (Lipinski definition) is 2. The largest absolute Gasteiger partial charge is 0.478 e. The zero-order valence-electron chi connectivity index (χ0n) is 8.64. The number of carbonyl (C=O) groups is 1. The molecule has 1 aromatic carbocycles. The molecule has 0 unspecified atom stereocenters. The van der Waals surface area contributed by atoms with Gasteiger partial charge in [-0.05, 0) is 18.1 Å². The van der Waals surface area contributed by atoms with Gasteiger partial charge in [-0.1, -0.05) is 31.5 Å². The fraction of sp³-hybridized carbons (Fsp3) is 0.364. The van der Waals surface area contributed by atoms with Crippen molar-refractivity contribution in [2.45, 2.75) is 25.8 Å². The molecule has 0 aromatic heterocycles. The zero-order valence-corrected chi connectivity index (χ0v) is 9.46. The van der Waals surface area contributed by atoms with E-state index in [0.717, 1.165) is 18.4 Å². The molecule has 0 aliphatic carbocycles. The van der Waals surface area contributed by atoms with Crippen molar-refractivity contribution >= 4 is 18.4 Å². The van der Waals surface area contributed by atoms with Crippen LogP contribution in [0, 0.1) is 0 Å². The number of nitrogens with two attached hydrogens (primary N) is 1. The lowest BCUT2D eigenvalue weighted by molar-refractivity contribution is 0.0695. The van der Waals surface area contributed by atoms with Crippen LogP contribution in [0.3, 0.4) is 0 Å². The first-order chi connectivity index (χ1) is 6.66. The molecule has 3 N–H and O–H groups in total. The fourth-order valence-electron chi connectivity index (χ4n) is 1.48. The van der Waals surface area contributed by atoms with Crippen molar-refractivity contribution in [3.05, 3.63) is 35.4 Å². The van der Waals surface area contributed by atoms with Gasteiger partial charge in [0.2, 0.25) is 0 Å². The van der Waals surface area contributed by atoms with Crippen LogP contribution in [-0.4, -0.2) is 11.1 Å². The molecule has 0 amide bonds. The van der Waals surface area contributed by atoms with E-state index in [1.54, 1.807) is 18.2 Å². The molecule has 84 valence electrons. The van der Waals surface area contributed by atoms with Crippen LogP contribution in [0.25, 0.3) is 0 Å². The second-order valence-corrected chi connectivity index (χ2v) is 3.29. The molecule has 0 fully saturated rings. The molecule has 0 aliphatic rings. The summed E-state index contributed by atoms with van der Waals surface area (Å²) in [6.07, 6.45) is 1.76. The summed E-state index contributed by atoms with van der Waals surface area (Å²) < 4.78 is 0. The Hall–Kier alpha value is -1.06. The monoisotopic (exact) mass is 229 g/mol. The summed E-state index contributed by atoms with van der Waals surface area (Å²) in [5, 5.41) is 8.93. The van der Waals surface area contributed by atoms with Crippen molar-refractivity contribution in [1.82, 2.24) is 0 Å². The lowest BCUT2D eigenvalue weighted by Crippen LogP contribution is -2.14. The normalized spacial score (nSPS) is 11.6. The molecule has 1 rings (SSSR count). The smallest absolute Gasteiger partial charge is 0.336 e. The van der Waals surface area contributed by atoms with E-state index < -0.39 is 5.97 Å². The van der Waals surface area contributed by atoms with Crippen molar-refractivity contribution in [2.75, 3.05) is 0 Å². The van der Waals surface area contributed by atoms with Crippen LogP contribution in [0.1, 0.15) is 41.7 Å². The molecule has 1 atom stereocenters. The lowest BCUT2D eigenvalue weighted by atomic mass is 9.98. The summed E-state index contributed by atoms with van der Waals surface area (Å²) in [4.78, 5) is 10.9. The Kier molecular flexibility index (Phi) is 5.97. The Morgan fingerprint density at radius 1 is 1.47 bits per heavy atom. The van der Waals surface area contributed by atoms with Gasteiger partial charge < -0.3 is 10.8 Å². The van der Waals surface area contributed by atoms with Crippen molar-refractivity contribution in [1.29, 1.82) is 0 Å². The molecule has 0 heterocycles. The van der Waals surface area contributed by atoms with Gasteiger partial charge in [-0.2, -0.15) is 0 Å². The third-order valence-electron chi connectivity index (χ3n) is 2.19. The van der Waals surface area contributed by atoms with Crippen LogP contribution in [0.5, 0.6) is 0 Å². The maximum Gasteiger partial charge on any atom is 0.336 e. The molecule has 0 saturated carbocycles. The van der Waals surface area contributed by atoms with Crippen LogP contribution < -0.4 is 5.73 Å². The minimum Gasteiger partial charge on any atom is -0.478 e.